The number of rotatable bonds is 6. The summed E-state index contributed by atoms with van der Waals surface area (Å²) in [5.41, 5.74) is 0.506. The van der Waals surface area contributed by atoms with Gasteiger partial charge in [0.05, 0.1) is 26.4 Å². The second kappa shape index (κ2) is 8.92. The molecule has 0 spiro atoms. The van der Waals surface area contributed by atoms with Crippen molar-refractivity contribution in [2.45, 2.75) is 0 Å². The molecule has 0 fully saturated rings. The molecule has 1 N–H and O–H groups in total. The van der Waals surface area contributed by atoms with Crippen LogP contribution in [0.4, 0.5) is 10.1 Å². The molecule has 0 bridgehead atoms. The van der Waals surface area contributed by atoms with E-state index < -0.39 is 11.7 Å². The van der Waals surface area contributed by atoms with Gasteiger partial charge in [0.25, 0.3) is 5.91 Å². The summed E-state index contributed by atoms with van der Waals surface area (Å²) >= 11 is 5.69. The van der Waals surface area contributed by atoms with E-state index in [0.29, 0.717) is 22.8 Å². The van der Waals surface area contributed by atoms with Crippen molar-refractivity contribution in [3.05, 3.63) is 52.3 Å². The monoisotopic (exact) mass is 390 g/mol. The Bertz CT molecular complexity index is 938. The van der Waals surface area contributed by atoms with Gasteiger partial charge in [0, 0.05) is 17.3 Å². The number of hydrogen-bond acceptors (Lipinski definition) is 5. The number of carbonyl (C=O) groups excluding carboxylic acids is 1. The number of amides is 1. The number of hydrogen-bond donors (Lipinski definition) is 1. The van der Waals surface area contributed by atoms with Gasteiger partial charge in [-0.15, -0.1) is 0 Å². The minimum absolute atomic E-state index is 0.142. The molecule has 27 heavy (non-hydrogen) atoms. The van der Waals surface area contributed by atoms with E-state index in [1.165, 1.54) is 39.5 Å². The number of nitrogens with zero attached hydrogens (tertiary/aromatic N) is 1. The number of nitriles is 1. The minimum atomic E-state index is -0.683. The van der Waals surface area contributed by atoms with Crippen LogP contribution in [-0.2, 0) is 4.79 Å². The number of anilines is 1. The molecule has 0 aromatic heterocycles. The van der Waals surface area contributed by atoms with E-state index in [0.717, 1.165) is 6.07 Å². The van der Waals surface area contributed by atoms with Gasteiger partial charge in [-0.25, -0.2) is 4.39 Å². The van der Waals surface area contributed by atoms with Crippen LogP contribution in [0.5, 0.6) is 17.2 Å². The SMILES string of the molecule is COc1cc(OC)c(OC)cc1/C=C(\C#N)C(=O)Nc1ccc(F)c(Cl)c1. The summed E-state index contributed by atoms with van der Waals surface area (Å²) in [7, 11) is 4.40. The van der Waals surface area contributed by atoms with Crippen molar-refractivity contribution in [2.24, 2.45) is 0 Å². The highest BCUT2D eigenvalue weighted by Crippen LogP contribution is 2.35. The molecular formula is C19H16ClFN2O4. The maximum Gasteiger partial charge on any atom is 0.266 e. The van der Waals surface area contributed by atoms with E-state index in [1.807, 2.05) is 6.07 Å². The van der Waals surface area contributed by atoms with Crippen molar-refractivity contribution < 1.29 is 23.4 Å². The molecule has 0 radical (unpaired) electrons. The lowest BCUT2D eigenvalue weighted by Crippen LogP contribution is -2.13. The molecule has 0 aliphatic rings. The first-order valence-electron chi connectivity index (χ1n) is 7.61. The lowest BCUT2D eigenvalue weighted by atomic mass is 10.1. The summed E-state index contributed by atoms with van der Waals surface area (Å²) in [5, 5.41) is 11.7. The van der Waals surface area contributed by atoms with Crippen LogP contribution in [0.2, 0.25) is 5.02 Å². The first kappa shape index (κ1) is 20.1. The number of ether oxygens (including phenoxy) is 3. The molecule has 0 unspecified atom stereocenters. The quantitative estimate of drug-likeness (QED) is 0.594. The van der Waals surface area contributed by atoms with Crippen LogP contribution in [0, 0.1) is 17.1 Å². The van der Waals surface area contributed by atoms with Crippen molar-refractivity contribution in [1.29, 1.82) is 5.26 Å². The highest BCUT2D eigenvalue weighted by molar-refractivity contribution is 6.31. The van der Waals surface area contributed by atoms with E-state index in [4.69, 9.17) is 25.8 Å². The first-order chi connectivity index (χ1) is 12.9. The van der Waals surface area contributed by atoms with Crippen LogP contribution < -0.4 is 19.5 Å². The van der Waals surface area contributed by atoms with Crippen LogP contribution in [0.25, 0.3) is 6.08 Å². The molecule has 0 atom stereocenters. The lowest BCUT2D eigenvalue weighted by Gasteiger charge is -2.12. The van der Waals surface area contributed by atoms with Gasteiger partial charge in [-0.3, -0.25) is 4.79 Å². The largest absolute Gasteiger partial charge is 0.496 e. The van der Waals surface area contributed by atoms with Crippen LogP contribution in [0.15, 0.2) is 35.9 Å². The highest BCUT2D eigenvalue weighted by Gasteiger charge is 2.15. The van der Waals surface area contributed by atoms with Gasteiger partial charge >= 0.3 is 0 Å². The molecule has 0 saturated heterocycles. The Kier molecular flexibility index (Phi) is 6.63. The molecular weight excluding hydrogens is 375 g/mol. The van der Waals surface area contributed by atoms with Crippen molar-refractivity contribution in [3.8, 4) is 23.3 Å². The average molecular weight is 391 g/mol. The molecule has 2 aromatic carbocycles. The summed E-state index contributed by atoms with van der Waals surface area (Å²) in [6.07, 6.45) is 1.35. The fourth-order valence-corrected chi connectivity index (χ4v) is 2.42. The lowest BCUT2D eigenvalue weighted by molar-refractivity contribution is -0.112. The average Bonchev–Trinajstić information content (AvgIpc) is 2.68. The van der Waals surface area contributed by atoms with Gasteiger partial charge in [-0.1, -0.05) is 11.6 Å². The summed E-state index contributed by atoms with van der Waals surface area (Å²) in [6.45, 7) is 0. The Hall–Kier alpha value is -3.24. The number of methoxy groups -OCH3 is 3. The Morgan fingerprint density at radius 3 is 2.30 bits per heavy atom. The molecule has 1 amide bonds. The van der Waals surface area contributed by atoms with Gasteiger partial charge in [0.15, 0.2) is 11.5 Å². The van der Waals surface area contributed by atoms with E-state index >= 15 is 0 Å². The molecule has 2 aromatic rings. The normalized spacial score (nSPS) is 10.7. The smallest absolute Gasteiger partial charge is 0.266 e. The summed E-state index contributed by atoms with van der Waals surface area (Å²) in [4.78, 5) is 12.4. The summed E-state index contributed by atoms with van der Waals surface area (Å²) in [6, 6.07) is 8.69. The van der Waals surface area contributed by atoms with Crippen LogP contribution in [0.1, 0.15) is 5.56 Å². The zero-order valence-corrected chi connectivity index (χ0v) is 15.6. The zero-order valence-electron chi connectivity index (χ0n) is 14.8. The van der Waals surface area contributed by atoms with E-state index in [2.05, 4.69) is 5.32 Å². The Labute approximate surface area is 160 Å². The van der Waals surface area contributed by atoms with E-state index in [1.54, 1.807) is 12.1 Å². The van der Waals surface area contributed by atoms with Gasteiger partial charge < -0.3 is 19.5 Å². The maximum absolute atomic E-state index is 13.2. The molecule has 0 saturated carbocycles. The third-order valence-electron chi connectivity index (χ3n) is 3.58. The van der Waals surface area contributed by atoms with Gasteiger partial charge in [0.2, 0.25) is 0 Å². The molecule has 0 aliphatic heterocycles. The molecule has 140 valence electrons. The predicted molar refractivity (Wildman–Crippen MR) is 99.7 cm³/mol. The third-order valence-corrected chi connectivity index (χ3v) is 3.87. The number of benzene rings is 2. The van der Waals surface area contributed by atoms with Crippen molar-refractivity contribution >= 4 is 29.3 Å². The summed E-state index contributed by atoms with van der Waals surface area (Å²) in [5.74, 6) is -0.0567. The van der Waals surface area contributed by atoms with Crippen LogP contribution in [-0.4, -0.2) is 27.2 Å². The Morgan fingerprint density at radius 1 is 1.11 bits per heavy atom. The predicted octanol–water partition coefficient (Wildman–Crippen LogP) is 4.05. The van der Waals surface area contributed by atoms with Crippen molar-refractivity contribution in [2.75, 3.05) is 26.6 Å². The van der Waals surface area contributed by atoms with Crippen LogP contribution >= 0.6 is 11.6 Å². The van der Waals surface area contributed by atoms with Gasteiger partial charge in [-0.05, 0) is 30.3 Å². The van der Waals surface area contributed by atoms with Crippen LogP contribution in [0.3, 0.4) is 0 Å². The molecule has 0 aliphatic carbocycles. The molecule has 6 nitrogen and oxygen atoms in total. The third kappa shape index (κ3) is 4.68. The number of carbonyl (C=O) groups is 1. The second-order valence-corrected chi connectivity index (χ2v) is 5.61. The van der Waals surface area contributed by atoms with Gasteiger partial charge in [-0.2, -0.15) is 5.26 Å². The van der Waals surface area contributed by atoms with E-state index in [9.17, 15) is 14.4 Å². The zero-order chi connectivity index (χ0) is 20.0. The highest BCUT2D eigenvalue weighted by atomic mass is 35.5. The molecule has 0 heterocycles. The standard InChI is InChI=1S/C19H16ClFN2O4/c1-25-16-9-18(27-3)17(26-2)7-11(16)6-12(10-22)19(24)23-13-4-5-15(21)14(20)8-13/h4-9H,1-3H3,(H,23,24)/b12-6+. The molecule has 8 heteroatoms. The molecule has 2 rings (SSSR count). The first-order valence-corrected chi connectivity index (χ1v) is 7.99. The van der Waals surface area contributed by atoms with Crippen molar-refractivity contribution in [3.63, 3.8) is 0 Å². The summed E-state index contributed by atoms with van der Waals surface area (Å²) < 4.78 is 28.9. The fraction of sp³-hybridized carbons (Fsp3) is 0.158. The maximum atomic E-state index is 13.2. The Balaban J connectivity index is 2.38. The Morgan fingerprint density at radius 2 is 1.74 bits per heavy atom. The topological polar surface area (TPSA) is 80.6 Å². The van der Waals surface area contributed by atoms with Gasteiger partial charge in [0.1, 0.15) is 23.2 Å². The number of halogens is 2. The minimum Gasteiger partial charge on any atom is -0.496 e. The van der Waals surface area contributed by atoms with E-state index in [-0.39, 0.29) is 16.3 Å². The fourth-order valence-electron chi connectivity index (χ4n) is 2.24. The second-order valence-electron chi connectivity index (χ2n) is 5.20. The van der Waals surface area contributed by atoms with Crippen molar-refractivity contribution in [1.82, 2.24) is 0 Å². The number of nitrogens with one attached hydrogen (secondary N) is 1.